The maximum atomic E-state index is 12.1. The first-order valence-corrected chi connectivity index (χ1v) is 8.40. The minimum atomic E-state index is -0.155. The van der Waals surface area contributed by atoms with Crippen molar-refractivity contribution in [2.45, 2.75) is 25.7 Å². The minimum absolute atomic E-state index is 0.127. The van der Waals surface area contributed by atoms with Crippen LogP contribution in [0.3, 0.4) is 0 Å². The standard InChI is InChI=1S/C17H23ClN2O3/c18-15-5-3-14(4-6-15)17(23)19-9-1-2-16(22)20-10-7-13(12-21)8-11-20/h3-6,13,21H,1-2,7-12H2,(H,19,23). The molecule has 1 fully saturated rings. The average Bonchev–Trinajstić information content (AvgIpc) is 2.59. The SMILES string of the molecule is O=C(NCCCC(=O)N1CCC(CO)CC1)c1ccc(Cl)cc1. The molecule has 5 nitrogen and oxygen atoms in total. The van der Waals surface area contributed by atoms with E-state index in [1.54, 1.807) is 24.3 Å². The fraction of sp³-hybridized carbons (Fsp3) is 0.529. The van der Waals surface area contributed by atoms with Gasteiger partial charge in [-0.2, -0.15) is 0 Å². The van der Waals surface area contributed by atoms with Crippen LogP contribution in [-0.2, 0) is 4.79 Å². The Morgan fingerprint density at radius 2 is 1.87 bits per heavy atom. The van der Waals surface area contributed by atoms with Gasteiger partial charge in [-0.05, 0) is 49.4 Å². The number of amides is 2. The highest BCUT2D eigenvalue weighted by Gasteiger charge is 2.21. The van der Waals surface area contributed by atoms with Gasteiger partial charge in [0.05, 0.1) is 0 Å². The molecular formula is C17H23ClN2O3. The Morgan fingerprint density at radius 1 is 1.22 bits per heavy atom. The van der Waals surface area contributed by atoms with Crippen LogP contribution in [0.15, 0.2) is 24.3 Å². The quantitative estimate of drug-likeness (QED) is 0.780. The molecule has 23 heavy (non-hydrogen) atoms. The van der Waals surface area contributed by atoms with Crippen molar-refractivity contribution in [2.75, 3.05) is 26.2 Å². The van der Waals surface area contributed by atoms with Crippen LogP contribution in [0.2, 0.25) is 5.02 Å². The van der Waals surface area contributed by atoms with Gasteiger partial charge >= 0.3 is 0 Å². The van der Waals surface area contributed by atoms with Crippen molar-refractivity contribution in [1.29, 1.82) is 0 Å². The van der Waals surface area contributed by atoms with E-state index in [0.717, 1.165) is 25.9 Å². The number of hydrogen-bond donors (Lipinski definition) is 2. The zero-order chi connectivity index (χ0) is 16.7. The Bertz CT molecular complexity index is 525. The summed E-state index contributed by atoms with van der Waals surface area (Å²) in [6, 6.07) is 6.70. The number of benzene rings is 1. The van der Waals surface area contributed by atoms with Crippen molar-refractivity contribution >= 4 is 23.4 Å². The molecule has 0 unspecified atom stereocenters. The molecule has 1 aliphatic rings. The maximum Gasteiger partial charge on any atom is 0.251 e. The van der Waals surface area contributed by atoms with Crippen LogP contribution in [0.25, 0.3) is 0 Å². The highest BCUT2D eigenvalue weighted by atomic mass is 35.5. The Balaban J connectivity index is 1.64. The highest BCUT2D eigenvalue weighted by Crippen LogP contribution is 2.17. The van der Waals surface area contributed by atoms with Crippen LogP contribution in [0.4, 0.5) is 0 Å². The second-order valence-corrected chi connectivity index (χ2v) is 6.31. The molecule has 1 aliphatic heterocycles. The number of aliphatic hydroxyl groups excluding tert-OH is 1. The third kappa shape index (κ3) is 5.52. The first-order valence-electron chi connectivity index (χ1n) is 8.02. The van der Waals surface area contributed by atoms with Crippen molar-refractivity contribution in [3.05, 3.63) is 34.9 Å². The summed E-state index contributed by atoms with van der Waals surface area (Å²) in [5.41, 5.74) is 0.562. The summed E-state index contributed by atoms with van der Waals surface area (Å²) in [4.78, 5) is 25.8. The smallest absolute Gasteiger partial charge is 0.251 e. The van der Waals surface area contributed by atoms with Gasteiger partial charge in [-0.3, -0.25) is 9.59 Å². The summed E-state index contributed by atoms with van der Waals surface area (Å²) in [6.07, 6.45) is 2.80. The van der Waals surface area contributed by atoms with Gasteiger partial charge in [0.15, 0.2) is 0 Å². The molecule has 0 atom stereocenters. The number of likely N-dealkylation sites (tertiary alicyclic amines) is 1. The summed E-state index contributed by atoms with van der Waals surface area (Å²) < 4.78 is 0. The van der Waals surface area contributed by atoms with E-state index in [-0.39, 0.29) is 18.4 Å². The van der Waals surface area contributed by atoms with E-state index in [0.29, 0.717) is 35.9 Å². The Morgan fingerprint density at radius 3 is 2.48 bits per heavy atom. The summed E-state index contributed by atoms with van der Waals surface area (Å²) in [5, 5.41) is 12.5. The van der Waals surface area contributed by atoms with Crippen LogP contribution in [-0.4, -0.2) is 48.1 Å². The van der Waals surface area contributed by atoms with Crippen molar-refractivity contribution in [2.24, 2.45) is 5.92 Å². The number of nitrogens with zero attached hydrogens (tertiary/aromatic N) is 1. The Hall–Kier alpha value is -1.59. The lowest BCUT2D eigenvalue weighted by atomic mass is 9.97. The molecule has 0 spiro atoms. The molecule has 0 radical (unpaired) electrons. The van der Waals surface area contributed by atoms with Crippen LogP contribution < -0.4 is 5.32 Å². The zero-order valence-corrected chi connectivity index (χ0v) is 13.9. The molecular weight excluding hydrogens is 316 g/mol. The van der Waals surface area contributed by atoms with Crippen molar-refractivity contribution in [3.8, 4) is 0 Å². The summed E-state index contributed by atoms with van der Waals surface area (Å²) in [7, 11) is 0. The molecule has 1 saturated heterocycles. The summed E-state index contributed by atoms with van der Waals surface area (Å²) in [5.74, 6) is 0.303. The second kappa shape index (κ2) is 8.89. The van der Waals surface area contributed by atoms with Crippen molar-refractivity contribution in [3.63, 3.8) is 0 Å². The van der Waals surface area contributed by atoms with Gasteiger partial charge in [0.25, 0.3) is 5.91 Å². The number of nitrogens with one attached hydrogen (secondary N) is 1. The lowest BCUT2D eigenvalue weighted by Gasteiger charge is -2.31. The van der Waals surface area contributed by atoms with Gasteiger partial charge in [-0.1, -0.05) is 11.6 Å². The largest absolute Gasteiger partial charge is 0.396 e. The summed E-state index contributed by atoms with van der Waals surface area (Å²) >= 11 is 5.78. The van der Waals surface area contributed by atoms with E-state index in [4.69, 9.17) is 16.7 Å². The molecule has 0 saturated carbocycles. The highest BCUT2D eigenvalue weighted by molar-refractivity contribution is 6.30. The normalized spacial score (nSPS) is 15.5. The Kier molecular flexibility index (Phi) is 6.86. The Labute approximate surface area is 141 Å². The monoisotopic (exact) mass is 338 g/mol. The van der Waals surface area contributed by atoms with Crippen LogP contribution in [0.1, 0.15) is 36.0 Å². The number of rotatable bonds is 6. The van der Waals surface area contributed by atoms with Crippen molar-refractivity contribution < 1.29 is 14.7 Å². The maximum absolute atomic E-state index is 12.1. The molecule has 1 aromatic rings. The first-order chi connectivity index (χ1) is 11.1. The average molecular weight is 339 g/mol. The van der Waals surface area contributed by atoms with Gasteiger partial charge in [0, 0.05) is 43.2 Å². The number of carbonyl (C=O) groups excluding carboxylic acids is 2. The fourth-order valence-corrected chi connectivity index (χ4v) is 2.79. The predicted octanol–water partition coefficient (Wildman–Crippen LogP) is 2.08. The summed E-state index contributed by atoms with van der Waals surface area (Å²) in [6.45, 7) is 2.13. The van der Waals surface area contributed by atoms with E-state index >= 15 is 0 Å². The molecule has 0 aromatic heterocycles. The lowest BCUT2D eigenvalue weighted by molar-refractivity contribution is -0.132. The molecule has 6 heteroatoms. The van der Waals surface area contributed by atoms with Gasteiger partial charge in [-0.15, -0.1) is 0 Å². The first kappa shape index (κ1) is 17.8. The van der Waals surface area contributed by atoms with Crippen LogP contribution >= 0.6 is 11.6 Å². The third-order valence-electron chi connectivity index (χ3n) is 4.18. The fourth-order valence-electron chi connectivity index (χ4n) is 2.67. The molecule has 1 heterocycles. The molecule has 0 aliphatic carbocycles. The van der Waals surface area contributed by atoms with E-state index in [1.165, 1.54) is 0 Å². The van der Waals surface area contributed by atoms with Gasteiger partial charge in [-0.25, -0.2) is 0 Å². The molecule has 2 N–H and O–H groups in total. The number of halogens is 1. The third-order valence-corrected chi connectivity index (χ3v) is 4.44. The van der Waals surface area contributed by atoms with Gasteiger partial charge in [0.2, 0.25) is 5.91 Å². The van der Waals surface area contributed by atoms with E-state index in [9.17, 15) is 9.59 Å². The zero-order valence-electron chi connectivity index (χ0n) is 13.1. The van der Waals surface area contributed by atoms with E-state index < -0.39 is 0 Å². The number of hydrogen-bond acceptors (Lipinski definition) is 3. The minimum Gasteiger partial charge on any atom is -0.396 e. The number of aliphatic hydroxyl groups is 1. The number of carbonyl (C=O) groups is 2. The van der Waals surface area contributed by atoms with E-state index in [1.807, 2.05) is 4.90 Å². The second-order valence-electron chi connectivity index (χ2n) is 5.87. The van der Waals surface area contributed by atoms with Crippen LogP contribution in [0.5, 0.6) is 0 Å². The van der Waals surface area contributed by atoms with E-state index in [2.05, 4.69) is 5.32 Å². The topological polar surface area (TPSA) is 69.6 Å². The number of piperidine rings is 1. The molecule has 126 valence electrons. The van der Waals surface area contributed by atoms with Gasteiger partial charge in [0.1, 0.15) is 0 Å². The van der Waals surface area contributed by atoms with Gasteiger partial charge < -0.3 is 15.3 Å². The molecule has 2 rings (SSSR count). The molecule has 0 bridgehead atoms. The predicted molar refractivity (Wildman–Crippen MR) is 89.4 cm³/mol. The molecule has 2 amide bonds. The molecule has 1 aromatic carbocycles. The lowest BCUT2D eigenvalue weighted by Crippen LogP contribution is -2.39. The van der Waals surface area contributed by atoms with Crippen molar-refractivity contribution in [1.82, 2.24) is 10.2 Å². The van der Waals surface area contributed by atoms with Crippen LogP contribution in [0, 0.1) is 5.92 Å².